The van der Waals surface area contributed by atoms with Gasteiger partial charge in [-0.2, -0.15) is 6.07 Å². The van der Waals surface area contributed by atoms with Gasteiger partial charge in [0.15, 0.2) is 0 Å². The van der Waals surface area contributed by atoms with E-state index in [-0.39, 0.29) is 32.7 Å². The van der Waals surface area contributed by atoms with Crippen LogP contribution in [-0.2, 0) is 32.7 Å². The maximum atomic E-state index is 5.59. The van der Waals surface area contributed by atoms with Gasteiger partial charge in [-0.15, -0.1) is 23.2 Å². The number of aromatic nitrogens is 1. The summed E-state index contributed by atoms with van der Waals surface area (Å²) in [6.07, 6.45) is 0. The second kappa shape index (κ2) is 4.27. The molecule has 0 bridgehead atoms. The molecule has 0 fully saturated rings. The number of hydrogen-bond donors (Lipinski definition) is 1. The molecule has 1 rings (SSSR count). The summed E-state index contributed by atoms with van der Waals surface area (Å²) in [6.45, 7) is 1.83. The van der Waals surface area contributed by atoms with Gasteiger partial charge in [0.25, 0.3) is 0 Å². The summed E-state index contributed by atoms with van der Waals surface area (Å²) in [4.78, 5) is 3.79. The summed E-state index contributed by atoms with van der Waals surface area (Å²) < 4.78 is 0. The third-order valence-corrected chi connectivity index (χ3v) is 1.34. The SMILES string of the molecule is Cc1[c-]cc(N)nc1Cl.[Y]. The summed E-state index contributed by atoms with van der Waals surface area (Å²) in [7, 11) is 0. The van der Waals surface area contributed by atoms with E-state index < -0.39 is 0 Å². The number of rotatable bonds is 0. The van der Waals surface area contributed by atoms with Crippen LogP contribution in [0, 0.1) is 13.0 Å². The molecule has 0 amide bonds. The van der Waals surface area contributed by atoms with Gasteiger partial charge < -0.3 is 10.7 Å². The zero-order valence-electron chi connectivity index (χ0n) is 5.56. The fourth-order valence-corrected chi connectivity index (χ4v) is 0.623. The summed E-state index contributed by atoms with van der Waals surface area (Å²) in [5, 5.41) is 0.426. The molecule has 0 saturated carbocycles. The van der Waals surface area contributed by atoms with E-state index >= 15 is 0 Å². The number of halogens is 1. The summed E-state index contributed by atoms with van der Waals surface area (Å²) >= 11 is 5.59. The monoisotopic (exact) mass is 230 g/mol. The van der Waals surface area contributed by atoms with Crippen LogP contribution < -0.4 is 5.73 Å². The van der Waals surface area contributed by atoms with Crippen LogP contribution in [0.5, 0.6) is 0 Å². The van der Waals surface area contributed by atoms with Crippen molar-refractivity contribution in [1.29, 1.82) is 0 Å². The van der Waals surface area contributed by atoms with Crippen LogP contribution in [0.15, 0.2) is 6.07 Å². The second-order valence-electron chi connectivity index (χ2n) is 1.74. The number of aryl methyl sites for hydroxylation is 1. The number of hydrogen-bond acceptors (Lipinski definition) is 2. The fourth-order valence-electron chi connectivity index (χ4n) is 0.471. The van der Waals surface area contributed by atoms with Crippen LogP contribution in [0.4, 0.5) is 5.82 Å². The molecule has 1 aromatic heterocycles. The first-order valence-corrected chi connectivity index (χ1v) is 2.88. The molecule has 0 aliphatic rings. The molecule has 0 spiro atoms. The van der Waals surface area contributed by atoms with Gasteiger partial charge in [-0.1, -0.05) is 6.92 Å². The minimum atomic E-state index is 0. The molecule has 4 heteroatoms. The summed E-state index contributed by atoms with van der Waals surface area (Å²) in [5.41, 5.74) is 6.13. The van der Waals surface area contributed by atoms with Crippen molar-refractivity contribution in [3.8, 4) is 0 Å². The van der Waals surface area contributed by atoms with Crippen molar-refractivity contribution in [3.05, 3.63) is 22.8 Å². The van der Waals surface area contributed by atoms with E-state index in [0.717, 1.165) is 5.56 Å². The van der Waals surface area contributed by atoms with Crippen LogP contribution in [-0.4, -0.2) is 4.98 Å². The molecule has 0 aromatic carbocycles. The fraction of sp³-hybridized carbons (Fsp3) is 0.167. The van der Waals surface area contributed by atoms with E-state index in [1.165, 1.54) is 0 Å². The topological polar surface area (TPSA) is 38.9 Å². The van der Waals surface area contributed by atoms with Gasteiger partial charge in [0.1, 0.15) is 0 Å². The molecular formula is C6H6ClN2Y-. The Balaban J connectivity index is 0.000000810. The van der Waals surface area contributed by atoms with E-state index in [9.17, 15) is 0 Å². The average Bonchev–Trinajstić information content (AvgIpc) is 1.80. The van der Waals surface area contributed by atoms with Crippen molar-refractivity contribution in [2.75, 3.05) is 5.73 Å². The van der Waals surface area contributed by atoms with E-state index in [4.69, 9.17) is 17.3 Å². The van der Waals surface area contributed by atoms with Gasteiger partial charge in [-0.25, -0.2) is 0 Å². The maximum Gasteiger partial charge on any atom is 0.0191 e. The van der Waals surface area contributed by atoms with E-state index in [1.807, 2.05) is 6.92 Å². The number of nitrogens with zero attached hydrogens (tertiary/aromatic N) is 1. The third kappa shape index (κ3) is 2.53. The van der Waals surface area contributed by atoms with Crippen LogP contribution in [0.1, 0.15) is 5.56 Å². The molecule has 2 N–H and O–H groups in total. The number of nitrogen functional groups attached to an aromatic ring is 1. The molecule has 0 aliphatic heterocycles. The predicted octanol–water partition coefficient (Wildman–Crippen LogP) is 1.42. The Morgan fingerprint density at radius 1 is 1.70 bits per heavy atom. The first-order chi connectivity index (χ1) is 4.20. The second-order valence-corrected chi connectivity index (χ2v) is 2.10. The molecule has 2 nitrogen and oxygen atoms in total. The van der Waals surface area contributed by atoms with Crippen molar-refractivity contribution < 1.29 is 32.7 Å². The molecule has 0 saturated heterocycles. The van der Waals surface area contributed by atoms with Crippen LogP contribution in [0.2, 0.25) is 5.15 Å². The Hall–Kier alpha value is 0.344. The average molecular weight is 230 g/mol. The Bertz CT molecular complexity index is 227. The number of nitrogens with two attached hydrogens (primary N) is 1. The van der Waals surface area contributed by atoms with Crippen molar-refractivity contribution in [2.24, 2.45) is 0 Å². The van der Waals surface area contributed by atoms with Gasteiger partial charge in [0.05, 0.1) is 0 Å². The zero-order chi connectivity index (χ0) is 6.85. The molecule has 0 unspecified atom stereocenters. The van der Waals surface area contributed by atoms with Gasteiger partial charge in [0.2, 0.25) is 0 Å². The van der Waals surface area contributed by atoms with Crippen molar-refractivity contribution in [1.82, 2.24) is 4.98 Å². The number of pyridine rings is 1. The smallest absolute Gasteiger partial charge is 0.0191 e. The maximum absolute atomic E-state index is 5.59. The van der Waals surface area contributed by atoms with Crippen molar-refractivity contribution >= 4 is 17.4 Å². The molecular weight excluding hydrogens is 224 g/mol. The Labute approximate surface area is 90.0 Å². The van der Waals surface area contributed by atoms with E-state index in [0.29, 0.717) is 11.0 Å². The molecule has 51 valence electrons. The third-order valence-electron chi connectivity index (χ3n) is 0.973. The standard InChI is InChI=1S/C6H6ClN2.Y/c1-4-2-3-5(8)9-6(4)7;/h3H,1H3,(H2,8,9);/q-1;. The Morgan fingerprint density at radius 2 is 2.30 bits per heavy atom. The molecule has 0 atom stereocenters. The normalized spacial score (nSPS) is 8.60. The minimum Gasteiger partial charge on any atom is -0.435 e. The van der Waals surface area contributed by atoms with Gasteiger partial charge in [-0.05, 0) is 0 Å². The molecule has 1 heterocycles. The van der Waals surface area contributed by atoms with Gasteiger partial charge in [-0.3, -0.25) is 0 Å². The Morgan fingerprint density at radius 3 is 2.70 bits per heavy atom. The van der Waals surface area contributed by atoms with Crippen LogP contribution >= 0.6 is 11.6 Å². The molecule has 0 aliphatic carbocycles. The first-order valence-electron chi connectivity index (χ1n) is 2.50. The summed E-state index contributed by atoms with van der Waals surface area (Å²) in [6, 6.07) is 4.45. The van der Waals surface area contributed by atoms with E-state index in [1.54, 1.807) is 6.07 Å². The Kier molecular flexibility index (Phi) is 4.42. The molecule has 10 heavy (non-hydrogen) atoms. The minimum absolute atomic E-state index is 0. The molecule has 1 aromatic rings. The first kappa shape index (κ1) is 10.3. The van der Waals surface area contributed by atoms with Crippen LogP contribution in [0.3, 0.4) is 0 Å². The van der Waals surface area contributed by atoms with Gasteiger partial charge in [0, 0.05) is 43.7 Å². The van der Waals surface area contributed by atoms with Crippen molar-refractivity contribution in [3.63, 3.8) is 0 Å². The quantitative estimate of drug-likeness (QED) is 0.541. The van der Waals surface area contributed by atoms with Gasteiger partial charge >= 0.3 is 0 Å². The molecule has 1 radical (unpaired) electrons. The largest absolute Gasteiger partial charge is 0.435 e. The van der Waals surface area contributed by atoms with E-state index in [2.05, 4.69) is 11.1 Å². The zero-order valence-corrected chi connectivity index (χ0v) is 9.15. The van der Waals surface area contributed by atoms with Crippen molar-refractivity contribution in [2.45, 2.75) is 6.92 Å². The predicted molar refractivity (Wildman–Crippen MR) is 37.2 cm³/mol. The number of anilines is 1. The summed E-state index contributed by atoms with van der Waals surface area (Å²) in [5.74, 6) is 0.408. The van der Waals surface area contributed by atoms with Crippen LogP contribution in [0.25, 0.3) is 0 Å².